The van der Waals surface area contributed by atoms with Crippen LogP contribution >= 0.6 is 0 Å². The van der Waals surface area contributed by atoms with Crippen molar-refractivity contribution >= 4 is 11.7 Å². The highest BCUT2D eigenvalue weighted by Crippen LogP contribution is 2.28. The van der Waals surface area contributed by atoms with Gasteiger partial charge >= 0.3 is 0 Å². The number of piperazine rings is 1. The van der Waals surface area contributed by atoms with E-state index in [1.807, 2.05) is 42.5 Å². The number of nitrogens with zero attached hydrogens (tertiary/aromatic N) is 6. The third-order valence-corrected chi connectivity index (χ3v) is 5.56. The lowest BCUT2D eigenvalue weighted by Crippen LogP contribution is -2.49. The third kappa shape index (κ3) is 4.23. The van der Waals surface area contributed by atoms with Crippen molar-refractivity contribution in [1.29, 1.82) is 0 Å². The van der Waals surface area contributed by atoms with Crippen LogP contribution in [0.4, 0.5) is 5.82 Å². The van der Waals surface area contributed by atoms with Gasteiger partial charge in [0, 0.05) is 43.5 Å². The molecule has 0 N–H and O–H groups in total. The lowest BCUT2D eigenvalue weighted by molar-refractivity contribution is 0.0746. The molecule has 0 spiro atoms. The van der Waals surface area contributed by atoms with Gasteiger partial charge in [-0.3, -0.25) is 4.79 Å². The average Bonchev–Trinajstić information content (AvgIpc) is 3.15. The Morgan fingerprint density at radius 3 is 2.19 bits per heavy atom. The number of aromatic nitrogens is 4. The van der Waals surface area contributed by atoms with Gasteiger partial charge in [0.1, 0.15) is 11.6 Å². The molecule has 0 saturated carbocycles. The van der Waals surface area contributed by atoms with Gasteiger partial charge in [0.15, 0.2) is 17.3 Å². The van der Waals surface area contributed by atoms with Gasteiger partial charge in [-0.05, 0) is 45.0 Å². The van der Waals surface area contributed by atoms with Gasteiger partial charge in [-0.25, -0.2) is 14.6 Å². The van der Waals surface area contributed by atoms with E-state index in [0.29, 0.717) is 49.1 Å². The number of anilines is 1. The molecule has 0 aliphatic carbocycles. The lowest BCUT2D eigenvalue weighted by Gasteiger charge is -2.35. The van der Waals surface area contributed by atoms with E-state index in [-0.39, 0.29) is 5.91 Å². The first kappa shape index (κ1) is 21.6. The van der Waals surface area contributed by atoms with Crippen molar-refractivity contribution < 1.29 is 14.3 Å². The Balaban J connectivity index is 1.48. The van der Waals surface area contributed by atoms with Crippen molar-refractivity contribution in [1.82, 2.24) is 24.6 Å². The molecule has 9 nitrogen and oxygen atoms in total. The Morgan fingerprint density at radius 2 is 1.56 bits per heavy atom. The second-order valence-electron chi connectivity index (χ2n) is 7.82. The molecule has 9 heteroatoms. The SMILES string of the molecule is COc1ccc(C(=O)N2CCN(c3cc(-n4nc(C)cc4C)nc(C)n3)CC2)cc1OC. The monoisotopic (exact) mass is 436 g/mol. The van der Waals surface area contributed by atoms with E-state index in [9.17, 15) is 4.79 Å². The van der Waals surface area contributed by atoms with Crippen molar-refractivity contribution in [3.8, 4) is 17.3 Å². The zero-order valence-corrected chi connectivity index (χ0v) is 19.1. The van der Waals surface area contributed by atoms with Crippen molar-refractivity contribution in [2.75, 3.05) is 45.3 Å². The van der Waals surface area contributed by atoms with Crippen LogP contribution in [0.2, 0.25) is 0 Å². The molecule has 1 aliphatic heterocycles. The zero-order chi connectivity index (χ0) is 22.8. The molecule has 32 heavy (non-hydrogen) atoms. The van der Waals surface area contributed by atoms with Crippen LogP contribution in [0.15, 0.2) is 30.3 Å². The molecule has 3 aromatic rings. The molecule has 1 aliphatic rings. The second kappa shape index (κ2) is 8.86. The summed E-state index contributed by atoms with van der Waals surface area (Å²) in [5.41, 5.74) is 2.56. The highest BCUT2D eigenvalue weighted by atomic mass is 16.5. The van der Waals surface area contributed by atoms with Crippen molar-refractivity contribution in [2.24, 2.45) is 0 Å². The van der Waals surface area contributed by atoms with Crippen LogP contribution < -0.4 is 14.4 Å². The number of carbonyl (C=O) groups is 1. The molecule has 0 bridgehead atoms. The van der Waals surface area contributed by atoms with Crippen LogP contribution in [0.3, 0.4) is 0 Å². The first-order chi connectivity index (χ1) is 15.4. The maximum absolute atomic E-state index is 13.0. The molecule has 1 aromatic carbocycles. The number of aryl methyl sites for hydroxylation is 3. The van der Waals surface area contributed by atoms with Crippen LogP contribution in [-0.2, 0) is 0 Å². The Kier molecular flexibility index (Phi) is 5.98. The van der Waals surface area contributed by atoms with E-state index in [1.54, 1.807) is 32.4 Å². The number of benzene rings is 1. The Bertz CT molecular complexity index is 1130. The van der Waals surface area contributed by atoms with Crippen LogP contribution in [0.1, 0.15) is 27.6 Å². The van der Waals surface area contributed by atoms with Gasteiger partial charge in [0.2, 0.25) is 0 Å². The average molecular weight is 437 g/mol. The summed E-state index contributed by atoms with van der Waals surface area (Å²) in [4.78, 5) is 26.2. The van der Waals surface area contributed by atoms with Crippen molar-refractivity contribution in [2.45, 2.75) is 20.8 Å². The van der Waals surface area contributed by atoms with Crippen LogP contribution in [-0.4, -0.2) is 71.0 Å². The van der Waals surface area contributed by atoms with Crippen molar-refractivity contribution in [3.05, 3.63) is 53.1 Å². The summed E-state index contributed by atoms with van der Waals surface area (Å²) in [6, 6.07) is 9.23. The van der Waals surface area contributed by atoms with Crippen LogP contribution in [0.5, 0.6) is 11.5 Å². The first-order valence-corrected chi connectivity index (χ1v) is 10.5. The molecule has 0 radical (unpaired) electrons. The number of rotatable bonds is 5. The molecule has 4 rings (SSSR count). The molecule has 1 amide bonds. The summed E-state index contributed by atoms with van der Waals surface area (Å²) in [6.07, 6.45) is 0. The summed E-state index contributed by atoms with van der Waals surface area (Å²) in [6.45, 7) is 8.44. The number of ether oxygens (including phenoxy) is 2. The van der Waals surface area contributed by atoms with Gasteiger partial charge in [0.05, 0.1) is 19.9 Å². The topological polar surface area (TPSA) is 85.6 Å². The fourth-order valence-electron chi connectivity index (χ4n) is 3.96. The van der Waals surface area contributed by atoms with E-state index in [4.69, 9.17) is 9.47 Å². The van der Waals surface area contributed by atoms with Crippen molar-refractivity contribution in [3.63, 3.8) is 0 Å². The van der Waals surface area contributed by atoms with Crippen LogP contribution in [0.25, 0.3) is 5.82 Å². The highest BCUT2D eigenvalue weighted by molar-refractivity contribution is 5.95. The second-order valence-corrected chi connectivity index (χ2v) is 7.82. The maximum atomic E-state index is 13.0. The summed E-state index contributed by atoms with van der Waals surface area (Å²) < 4.78 is 12.4. The summed E-state index contributed by atoms with van der Waals surface area (Å²) >= 11 is 0. The Hall–Kier alpha value is -3.62. The molecular weight excluding hydrogens is 408 g/mol. The minimum atomic E-state index is -0.0206. The van der Waals surface area contributed by atoms with E-state index in [2.05, 4.69) is 20.0 Å². The molecule has 2 aromatic heterocycles. The predicted octanol–water partition coefficient (Wildman–Crippen LogP) is 2.57. The van der Waals surface area contributed by atoms with E-state index < -0.39 is 0 Å². The number of amides is 1. The smallest absolute Gasteiger partial charge is 0.254 e. The molecule has 3 heterocycles. The van der Waals surface area contributed by atoms with Gasteiger partial charge in [-0.15, -0.1) is 0 Å². The molecule has 0 unspecified atom stereocenters. The Morgan fingerprint density at radius 1 is 0.875 bits per heavy atom. The standard InChI is InChI=1S/C23H28N6O3/c1-15-12-16(2)29(26-15)22-14-21(24-17(3)25-22)27-8-10-28(11-9-27)23(30)18-6-7-19(31-4)20(13-18)32-5/h6-7,12-14H,8-11H2,1-5H3. The summed E-state index contributed by atoms with van der Waals surface area (Å²) in [5.74, 6) is 3.42. The maximum Gasteiger partial charge on any atom is 0.254 e. The van der Waals surface area contributed by atoms with Gasteiger partial charge in [0.25, 0.3) is 5.91 Å². The van der Waals surface area contributed by atoms with Gasteiger partial charge < -0.3 is 19.3 Å². The molecule has 1 saturated heterocycles. The zero-order valence-electron chi connectivity index (χ0n) is 19.1. The minimum absolute atomic E-state index is 0.0206. The quantitative estimate of drug-likeness (QED) is 0.608. The van der Waals surface area contributed by atoms with E-state index >= 15 is 0 Å². The number of hydrogen-bond acceptors (Lipinski definition) is 7. The van der Waals surface area contributed by atoms with E-state index in [1.165, 1.54) is 0 Å². The highest BCUT2D eigenvalue weighted by Gasteiger charge is 2.24. The molecule has 1 fully saturated rings. The predicted molar refractivity (Wildman–Crippen MR) is 121 cm³/mol. The summed E-state index contributed by atoms with van der Waals surface area (Å²) in [7, 11) is 3.14. The normalized spacial score (nSPS) is 13.9. The van der Waals surface area contributed by atoms with Gasteiger partial charge in [-0.1, -0.05) is 0 Å². The number of carbonyl (C=O) groups excluding carboxylic acids is 1. The molecular formula is C23H28N6O3. The first-order valence-electron chi connectivity index (χ1n) is 10.5. The fraction of sp³-hybridized carbons (Fsp3) is 0.391. The summed E-state index contributed by atoms with van der Waals surface area (Å²) in [5, 5.41) is 4.54. The largest absolute Gasteiger partial charge is 0.493 e. The minimum Gasteiger partial charge on any atom is -0.493 e. The van der Waals surface area contributed by atoms with Gasteiger partial charge in [-0.2, -0.15) is 5.10 Å². The van der Waals surface area contributed by atoms with Crippen LogP contribution in [0, 0.1) is 20.8 Å². The molecule has 168 valence electrons. The lowest BCUT2D eigenvalue weighted by atomic mass is 10.1. The Labute approximate surface area is 187 Å². The molecule has 0 atom stereocenters. The third-order valence-electron chi connectivity index (χ3n) is 5.56. The number of hydrogen-bond donors (Lipinski definition) is 0. The number of methoxy groups -OCH3 is 2. The fourth-order valence-corrected chi connectivity index (χ4v) is 3.96. The van der Waals surface area contributed by atoms with E-state index in [0.717, 1.165) is 23.0 Å².